The van der Waals surface area contributed by atoms with Crippen LogP contribution in [-0.4, -0.2) is 4.98 Å². The highest BCUT2D eigenvalue weighted by atomic mass is 16.3. The maximum atomic E-state index is 5.71. The Morgan fingerprint density at radius 2 is 2.35 bits per heavy atom. The molecule has 2 N–H and O–H groups in total. The molecule has 0 spiro atoms. The molecule has 0 saturated carbocycles. The van der Waals surface area contributed by atoms with Crippen molar-refractivity contribution in [3.05, 3.63) is 53.2 Å². The zero-order chi connectivity index (χ0) is 11.7. The monoisotopic (exact) mass is 228 g/mol. The Balaban J connectivity index is 2.06. The van der Waals surface area contributed by atoms with Crippen LogP contribution in [-0.2, 0) is 13.0 Å². The Labute approximate surface area is 101 Å². The molecule has 17 heavy (non-hydrogen) atoms. The molecule has 0 aromatic carbocycles. The van der Waals surface area contributed by atoms with Crippen molar-refractivity contribution in [2.24, 2.45) is 5.73 Å². The molecule has 3 nitrogen and oxygen atoms in total. The smallest absolute Gasteiger partial charge is 0.121 e. The summed E-state index contributed by atoms with van der Waals surface area (Å²) in [7, 11) is 0. The van der Waals surface area contributed by atoms with Gasteiger partial charge in [-0.05, 0) is 37.0 Å². The van der Waals surface area contributed by atoms with E-state index >= 15 is 0 Å². The molecule has 88 valence electrons. The number of aromatic nitrogens is 1. The quantitative estimate of drug-likeness (QED) is 0.859. The maximum Gasteiger partial charge on any atom is 0.121 e. The Morgan fingerprint density at radius 3 is 3.24 bits per heavy atom. The molecule has 1 aliphatic carbocycles. The molecule has 0 bridgehead atoms. The number of hydrogen-bond acceptors (Lipinski definition) is 3. The second-order valence-corrected chi connectivity index (χ2v) is 4.50. The van der Waals surface area contributed by atoms with E-state index in [4.69, 9.17) is 10.2 Å². The van der Waals surface area contributed by atoms with Gasteiger partial charge in [-0.3, -0.25) is 4.98 Å². The number of fused-ring (bicyclic) bond motifs is 1. The van der Waals surface area contributed by atoms with E-state index in [1.165, 1.54) is 23.2 Å². The van der Waals surface area contributed by atoms with Gasteiger partial charge < -0.3 is 10.2 Å². The molecule has 3 rings (SSSR count). The molecule has 0 fully saturated rings. The SMILES string of the molecule is NCc1occc1C1CCCc2cccnc21. The fraction of sp³-hybridized carbons (Fsp3) is 0.357. The predicted octanol–water partition coefficient (Wildman–Crippen LogP) is 2.60. The largest absolute Gasteiger partial charge is 0.468 e. The Morgan fingerprint density at radius 1 is 1.41 bits per heavy atom. The summed E-state index contributed by atoms with van der Waals surface area (Å²) < 4.78 is 5.43. The van der Waals surface area contributed by atoms with Crippen molar-refractivity contribution >= 4 is 0 Å². The van der Waals surface area contributed by atoms with Crippen molar-refractivity contribution < 1.29 is 4.42 Å². The number of rotatable bonds is 2. The lowest BCUT2D eigenvalue weighted by Crippen LogP contribution is -2.14. The van der Waals surface area contributed by atoms with E-state index in [0.717, 1.165) is 18.6 Å². The predicted molar refractivity (Wildman–Crippen MR) is 65.6 cm³/mol. The number of nitrogens with zero attached hydrogens (tertiary/aromatic N) is 1. The highest BCUT2D eigenvalue weighted by molar-refractivity contribution is 5.36. The first-order valence-electron chi connectivity index (χ1n) is 6.10. The van der Waals surface area contributed by atoms with E-state index in [1.807, 2.05) is 18.3 Å². The van der Waals surface area contributed by atoms with E-state index in [1.54, 1.807) is 6.26 Å². The second-order valence-electron chi connectivity index (χ2n) is 4.50. The van der Waals surface area contributed by atoms with Crippen LogP contribution < -0.4 is 5.73 Å². The van der Waals surface area contributed by atoms with Crippen molar-refractivity contribution in [2.45, 2.75) is 31.7 Å². The van der Waals surface area contributed by atoms with Crippen LogP contribution in [0, 0.1) is 0 Å². The Bertz CT molecular complexity index is 518. The lowest BCUT2D eigenvalue weighted by molar-refractivity contribution is 0.497. The summed E-state index contributed by atoms with van der Waals surface area (Å²) in [5.74, 6) is 1.26. The molecular formula is C14H16N2O. The minimum atomic E-state index is 0.359. The lowest BCUT2D eigenvalue weighted by atomic mass is 9.82. The summed E-state index contributed by atoms with van der Waals surface area (Å²) in [6.45, 7) is 0.459. The first-order chi connectivity index (χ1) is 8.40. The van der Waals surface area contributed by atoms with Crippen LogP contribution in [0.15, 0.2) is 35.1 Å². The fourth-order valence-corrected chi connectivity index (χ4v) is 2.74. The summed E-state index contributed by atoms with van der Waals surface area (Å²) in [5, 5.41) is 0. The van der Waals surface area contributed by atoms with Crippen LogP contribution in [0.4, 0.5) is 0 Å². The molecule has 0 aliphatic heterocycles. The average Bonchev–Trinajstić information content (AvgIpc) is 2.86. The standard InChI is InChI=1S/C14H16N2O/c15-9-13-11(6-8-17-13)12-5-1-3-10-4-2-7-16-14(10)12/h2,4,6-8,12H,1,3,5,9,15H2. The number of pyridine rings is 1. The van der Waals surface area contributed by atoms with Crippen LogP contribution in [0.25, 0.3) is 0 Å². The Hall–Kier alpha value is -1.61. The normalized spacial score (nSPS) is 19.0. The van der Waals surface area contributed by atoms with Crippen molar-refractivity contribution in [2.75, 3.05) is 0 Å². The fourth-order valence-electron chi connectivity index (χ4n) is 2.74. The van der Waals surface area contributed by atoms with Gasteiger partial charge in [0.1, 0.15) is 5.76 Å². The zero-order valence-electron chi connectivity index (χ0n) is 9.73. The van der Waals surface area contributed by atoms with Crippen molar-refractivity contribution in [1.82, 2.24) is 4.98 Å². The summed E-state index contributed by atoms with van der Waals surface area (Å²) in [6, 6.07) is 6.23. The summed E-state index contributed by atoms with van der Waals surface area (Å²) in [5.41, 5.74) is 9.49. The Kier molecular flexibility index (Phi) is 2.69. The van der Waals surface area contributed by atoms with Crippen LogP contribution >= 0.6 is 0 Å². The zero-order valence-corrected chi connectivity index (χ0v) is 9.73. The molecular weight excluding hydrogens is 212 g/mol. The molecule has 1 atom stereocenters. The van der Waals surface area contributed by atoms with Crippen LogP contribution in [0.1, 0.15) is 41.3 Å². The number of furan rings is 1. The lowest BCUT2D eigenvalue weighted by Gasteiger charge is -2.24. The van der Waals surface area contributed by atoms with E-state index in [0.29, 0.717) is 12.5 Å². The third-order valence-corrected chi connectivity index (χ3v) is 3.54. The highest BCUT2D eigenvalue weighted by Crippen LogP contribution is 2.36. The summed E-state index contributed by atoms with van der Waals surface area (Å²) >= 11 is 0. The molecule has 3 heteroatoms. The highest BCUT2D eigenvalue weighted by Gasteiger charge is 2.25. The maximum absolute atomic E-state index is 5.71. The third-order valence-electron chi connectivity index (χ3n) is 3.54. The molecule has 2 heterocycles. The number of aryl methyl sites for hydroxylation is 1. The van der Waals surface area contributed by atoms with E-state index in [9.17, 15) is 0 Å². The average molecular weight is 228 g/mol. The molecule has 1 unspecified atom stereocenters. The molecule has 0 amide bonds. The van der Waals surface area contributed by atoms with Gasteiger partial charge in [0, 0.05) is 17.7 Å². The third kappa shape index (κ3) is 1.76. The minimum absolute atomic E-state index is 0.359. The first-order valence-corrected chi connectivity index (χ1v) is 6.10. The number of hydrogen-bond donors (Lipinski definition) is 1. The van der Waals surface area contributed by atoms with Crippen molar-refractivity contribution in [1.29, 1.82) is 0 Å². The number of nitrogens with two attached hydrogens (primary N) is 1. The summed E-state index contributed by atoms with van der Waals surface area (Å²) in [6.07, 6.45) is 7.08. The van der Waals surface area contributed by atoms with Gasteiger partial charge in [0.25, 0.3) is 0 Å². The molecule has 0 saturated heterocycles. The van der Waals surface area contributed by atoms with Crippen LogP contribution in [0.3, 0.4) is 0 Å². The summed E-state index contributed by atoms with van der Waals surface area (Å²) in [4.78, 5) is 4.55. The van der Waals surface area contributed by atoms with E-state index in [2.05, 4.69) is 11.1 Å². The van der Waals surface area contributed by atoms with Gasteiger partial charge in [-0.1, -0.05) is 6.07 Å². The van der Waals surface area contributed by atoms with Gasteiger partial charge in [0.2, 0.25) is 0 Å². The van der Waals surface area contributed by atoms with Gasteiger partial charge in [-0.25, -0.2) is 0 Å². The molecule has 2 aromatic heterocycles. The minimum Gasteiger partial charge on any atom is -0.468 e. The second kappa shape index (κ2) is 4.34. The van der Waals surface area contributed by atoms with Gasteiger partial charge in [-0.2, -0.15) is 0 Å². The van der Waals surface area contributed by atoms with Crippen LogP contribution in [0.2, 0.25) is 0 Å². The van der Waals surface area contributed by atoms with E-state index < -0.39 is 0 Å². The van der Waals surface area contributed by atoms with Crippen molar-refractivity contribution in [3.63, 3.8) is 0 Å². The van der Waals surface area contributed by atoms with Gasteiger partial charge >= 0.3 is 0 Å². The van der Waals surface area contributed by atoms with Gasteiger partial charge in [0.15, 0.2) is 0 Å². The van der Waals surface area contributed by atoms with E-state index in [-0.39, 0.29) is 0 Å². The van der Waals surface area contributed by atoms with Gasteiger partial charge in [0.05, 0.1) is 18.5 Å². The van der Waals surface area contributed by atoms with Gasteiger partial charge in [-0.15, -0.1) is 0 Å². The van der Waals surface area contributed by atoms with Crippen molar-refractivity contribution in [3.8, 4) is 0 Å². The topological polar surface area (TPSA) is 52.0 Å². The molecule has 0 radical (unpaired) electrons. The molecule has 2 aromatic rings. The molecule has 1 aliphatic rings. The first kappa shape index (κ1) is 10.5. The van der Waals surface area contributed by atoms with Crippen LogP contribution in [0.5, 0.6) is 0 Å².